The summed E-state index contributed by atoms with van der Waals surface area (Å²) in [6, 6.07) is 4.27. The highest BCUT2D eigenvalue weighted by Crippen LogP contribution is 2.33. The fraction of sp³-hybridized carbons (Fsp3) is 0.500. The largest absolute Gasteiger partial charge is 0.481 e. The van der Waals surface area contributed by atoms with Crippen LogP contribution < -0.4 is 14.2 Å². The molecule has 0 spiro atoms. The Labute approximate surface area is 129 Å². The zero-order valence-electron chi connectivity index (χ0n) is 12.4. The van der Waals surface area contributed by atoms with E-state index in [2.05, 4.69) is 4.72 Å². The third-order valence-electron chi connectivity index (χ3n) is 3.28. The van der Waals surface area contributed by atoms with Crippen LogP contribution in [0.4, 0.5) is 0 Å². The number of hydrogen-bond donors (Lipinski definition) is 2. The number of sulfonamides is 1. The van der Waals surface area contributed by atoms with E-state index in [9.17, 15) is 13.2 Å². The van der Waals surface area contributed by atoms with Gasteiger partial charge < -0.3 is 14.6 Å². The second-order valence-corrected chi connectivity index (χ2v) is 7.30. The van der Waals surface area contributed by atoms with Crippen molar-refractivity contribution in [2.45, 2.75) is 25.2 Å². The van der Waals surface area contributed by atoms with Gasteiger partial charge in [-0.15, -0.1) is 0 Å². The summed E-state index contributed by atoms with van der Waals surface area (Å²) in [6.07, 6.45) is 0.402. The SMILES string of the molecule is CC(C)CC(CNS(=O)(=O)c1ccc2c(c1)OCO2)C(=O)O. The molecule has 1 aromatic carbocycles. The summed E-state index contributed by atoms with van der Waals surface area (Å²) in [4.78, 5) is 11.2. The van der Waals surface area contributed by atoms with Crippen LogP contribution in [0.5, 0.6) is 11.5 Å². The highest BCUT2D eigenvalue weighted by molar-refractivity contribution is 7.89. The second kappa shape index (κ2) is 6.53. The van der Waals surface area contributed by atoms with Gasteiger partial charge in [0.25, 0.3) is 0 Å². The van der Waals surface area contributed by atoms with Crippen molar-refractivity contribution in [2.24, 2.45) is 11.8 Å². The van der Waals surface area contributed by atoms with E-state index in [0.717, 1.165) is 0 Å². The molecule has 1 aliphatic rings. The standard InChI is InChI=1S/C14H19NO6S/c1-9(2)5-10(14(16)17)7-15-22(18,19)11-3-4-12-13(6-11)21-8-20-12/h3-4,6,9-10,15H,5,7-8H2,1-2H3,(H,16,17). The minimum absolute atomic E-state index is 0.0189. The Hall–Kier alpha value is -1.80. The minimum Gasteiger partial charge on any atom is -0.481 e. The Balaban J connectivity index is 2.09. The van der Waals surface area contributed by atoms with E-state index in [1.165, 1.54) is 18.2 Å². The molecule has 1 aliphatic heterocycles. The molecule has 2 N–H and O–H groups in total. The maximum Gasteiger partial charge on any atom is 0.307 e. The molecule has 1 heterocycles. The van der Waals surface area contributed by atoms with Gasteiger partial charge >= 0.3 is 5.97 Å². The summed E-state index contributed by atoms with van der Waals surface area (Å²) < 4.78 is 37.1. The Morgan fingerprint density at radius 2 is 2.00 bits per heavy atom. The molecule has 1 aromatic rings. The molecule has 2 rings (SSSR count). The molecule has 0 bridgehead atoms. The number of benzene rings is 1. The number of rotatable bonds is 7. The van der Waals surface area contributed by atoms with Gasteiger partial charge in [0.1, 0.15) is 0 Å². The van der Waals surface area contributed by atoms with Gasteiger partial charge in [-0.1, -0.05) is 13.8 Å². The van der Waals surface area contributed by atoms with Gasteiger partial charge in [-0.2, -0.15) is 0 Å². The first-order valence-electron chi connectivity index (χ1n) is 6.91. The van der Waals surface area contributed by atoms with Crippen LogP contribution in [0.3, 0.4) is 0 Å². The zero-order valence-corrected chi connectivity index (χ0v) is 13.2. The quantitative estimate of drug-likeness (QED) is 0.785. The number of ether oxygens (including phenoxy) is 2. The number of carbonyl (C=O) groups is 1. The van der Waals surface area contributed by atoms with Gasteiger partial charge in [0.05, 0.1) is 10.8 Å². The van der Waals surface area contributed by atoms with E-state index >= 15 is 0 Å². The zero-order chi connectivity index (χ0) is 16.3. The van der Waals surface area contributed by atoms with Crippen molar-refractivity contribution in [2.75, 3.05) is 13.3 Å². The maximum atomic E-state index is 12.2. The highest BCUT2D eigenvalue weighted by atomic mass is 32.2. The van der Waals surface area contributed by atoms with Gasteiger partial charge in [0.2, 0.25) is 16.8 Å². The van der Waals surface area contributed by atoms with Gasteiger partial charge in [-0.3, -0.25) is 4.79 Å². The molecule has 0 radical (unpaired) electrons. The van der Waals surface area contributed by atoms with Crippen molar-refractivity contribution in [3.8, 4) is 11.5 Å². The summed E-state index contributed by atoms with van der Waals surface area (Å²) in [5.74, 6) is -0.760. The van der Waals surface area contributed by atoms with Crippen molar-refractivity contribution < 1.29 is 27.8 Å². The molecule has 0 fully saturated rings. The monoisotopic (exact) mass is 329 g/mol. The lowest BCUT2D eigenvalue weighted by atomic mass is 9.98. The lowest BCUT2D eigenvalue weighted by Gasteiger charge is -2.15. The Kier molecular flexibility index (Phi) is 4.92. The molecule has 0 aliphatic carbocycles. The molecule has 0 aromatic heterocycles. The number of aliphatic carboxylic acids is 1. The van der Waals surface area contributed by atoms with Crippen molar-refractivity contribution in [1.29, 1.82) is 0 Å². The molecule has 8 heteroatoms. The third-order valence-corrected chi connectivity index (χ3v) is 4.70. The van der Waals surface area contributed by atoms with Crippen molar-refractivity contribution >= 4 is 16.0 Å². The molecule has 22 heavy (non-hydrogen) atoms. The summed E-state index contributed by atoms with van der Waals surface area (Å²) in [7, 11) is -3.80. The molecule has 122 valence electrons. The van der Waals surface area contributed by atoms with Crippen LogP contribution in [0.25, 0.3) is 0 Å². The Morgan fingerprint density at radius 1 is 1.32 bits per heavy atom. The lowest BCUT2D eigenvalue weighted by molar-refractivity contribution is -0.142. The number of carboxylic acids is 1. The van der Waals surface area contributed by atoms with Gasteiger partial charge in [0, 0.05) is 12.6 Å². The van der Waals surface area contributed by atoms with Crippen LogP contribution in [0.1, 0.15) is 20.3 Å². The van der Waals surface area contributed by atoms with Gasteiger partial charge in [0.15, 0.2) is 11.5 Å². The molecule has 0 saturated heterocycles. The van der Waals surface area contributed by atoms with Crippen LogP contribution >= 0.6 is 0 Å². The van der Waals surface area contributed by atoms with E-state index in [1.54, 1.807) is 0 Å². The predicted octanol–water partition coefficient (Wildman–Crippen LogP) is 1.44. The topological polar surface area (TPSA) is 102 Å². The fourth-order valence-corrected chi connectivity index (χ4v) is 3.27. The van der Waals surface area contributed by atoms with E-state index < -0.39 is 21.9 Å². The van der Waals surface area contributed by atoms with Crippen LogP contribution in [0.2, 0.25) is 0 Å². The van der Waals surface area contributed by atoms with Crippen LogP contribution in [-0.4, -0.2) is 32.8 Å². The van der Waals surface area contributed by atoms with E-state index in [4.69, 9.17) is 14.6 Å². The van der Waals surface area contributed by atoms with E-state index in [-0.39, 0.29) is 24.2 Å². The lowest BCUT2D eigenvalue weighted by Crippen LogP contribution is -2.33. The first-order valence-corrected chi connectivity index (χ1v) is 8.40. The average Bonchev–Trinajstić information content (AvgIpc) is 2.90. The normalized spacial score (nSPS) is 15.0. The summed E-state index contributed by atoms with van der Waals surface area (Å²) in [5.41, 5.74) is 0. The molecule has 1 unspecified atom stereocenters. The molecule has 0 amide bonds. The Morgan fingerprint density at radius 3 is 2.64 bits per heavy atom. The molecule has 7 nitrogen and oxygen atoms in total. The molecule has 0 saturated carbocycles. The number of carboxylic acid groups (broad SMARTS) is 1. The van der Waals surface area contributed by atoms with Crippen molar-refractivity contribution in [3.05, 3.63) is 18.2 Å². The maximum absolute atomic E-state index is 12.2. The fourth-order valence-electron chi connectivity index (χ4n) is 2.18. The van der Waals surface area contributed by atoms with E-state index in [1.807, 2.05) is 13.8 Å². The second-order valence-electron chi connectivity index (χ2n) is 5.53. The van der Waals surface area contributed by atoms with Crippen molar-refractivity contribution in [1.82, 2.24) is 4.72 Å². The molecule has 1 atom stereocenters. The summed E-state index contributed by atoms with van der Waals surface area (Å²) in [5, 5.41) is 9.15. The van der Waals surface area contributed by atoms with Gasteiger partial charge in [-0.25, -0.2) is 13.1 Å². The predicted molar refractivity (Wildman–Crippen MR) is 78.3 cm³/mol. The number of hydrogen-bond acceptors (Lipinski definition) is 5. The van der Waals surface area contributed by atoms with Crippen LogP contribution in [0.15, 0.2) is 23.1 Å². The molecular weight excluding hydrogens is 310 g/mol. The summed E-state index contributed by atoms with van der Waals surface area (Å²) >= 11 is 0. The molecular formula is C14H19NO6S. The van der Waals surface area contributed by atoms with Crippen LogP contribution in [0, 0.1) is 11.8 Å². The first kappa shape index (κ1) is 16.6. The van der Waals surface area contributed by atoms with Crippen LogP contribution in [-0.2, 0) is 14.8 Å². The first-order chi connectivity index (χ1) is 10.3. The highest BCUT2D eigenvalue weighted by Gasteiger charge is 2.24. The van der Waals surface area contributed by atoms with E-state index in [0.29, 0.717) is 17.9 Å². The summed E-state index contributed by atoms with van der Waals surface area (Å²) in [6.45, 7) is 3.69. The number of fused-ring (bicyclic) bond motifs is 1. The Bertz CT molecular complexity index is 655. The van der Waals surface area contributed by atoms with Crippen molar-refractivity contribution in [3.63, 3.8) is 0 Å². The number of nitrogens with one attached hydrogen (secondary N) is 1. The van der Waals surface area contributed by atoms with Gasteiger partial charge in [-0.05, 0) is 24.5 Å². The average molecular weight is 329 g/mol. The smallest absolute Gasteiger partial charge is 0.307 e. The minimum atomic E-state index is -3.80. The third kappa shape index (κ3) is 3.89.